The van der Waals surface area contributed by atoms with E-state index in [1.54, 1.807) is 42.6 Å². The molecule has 0 spiro atoms. The Morgan fingerprint density at radius 1 is 1.11 bits per heavy atom. The summed E-state index contributed by atoms with van der Waals surface area (Å²) in [5.41, 5.74) is 1.42. The molecule has 0 aliphatic heterocycles. The maximum atomic E-state index is 13.2. The number of ether oxygens (including phenoxy) is 1. The minimum absolute atomic E-state index is 0.0134. The van der Waals surface area contributed by atoms with Gasteiger partial charge in [0.05, 0.1) is 13.7 Å². The van der Waals surface area contributed by atoms with Gasteiger partial charge in [0.2, 0.25) is 0 Å². The Morgan fingerprint density at radius 2 is 1.86 bits per heavy atom. The number of imidazole rings is 1. The van der Waals surface area contributed by atoms with Gasteiger partial charge in [0, 0.05) is 6.20 Å². The molecule has 0 saturated heterocycles. The van der Waals surface area contributed by atoms with Crippen LogP contribution in [0.5, 0.6) is 5.75 Å². The minimum Gasteiger partial charge on any atom is -0.497 e. The van der Waals surface area contributed by atoms with E-state index in [1.165, 1.54) is 16.3 Å². The third-order valence-corrected chi connectivity index (χ3v) is 4.68. The van der Waals surface area contributed by atoms with E-state index in [2.05, 4.69) is 36.1 Å². The zero-order valence-corrected chi connectivity index (χ0v) is 15.9. The lowest BCUT2D eigenvalue weighted by atomic mass is 10.2. The van der Waals surface area contributed by atoms with E-state index >= 15 is 0 Å². The van der Waals surface area contributed by atoms with Crippen molar-refractivity contribution in [3.63, 3.8) is 0 Å². The molecule has 0 unspecified atom stereocenters. The first-order chi connectivity index (χ1) is 13.4. The molecule has 11 heteroatoms. The molecule has 0 fully saturated rings. The van der Waals surface area contributed by atoms with Crippen LogP contribution in [-0.4, -0.2) is 36.5 Å². The van der Waals surface area contributed by atoms with Crippen molar-refractivity contribution in [2.45, 2.75) is 12.7 Å². The molecular weight excluding hydrogens is 441 g/mol. The van der Waals surface area contributed by atoms with E-state index < -0.39 is 12.0 Å². The summed E-state index contributed by atoms with van der Waals surface area (Å²) in [5, 5.41) is 7.79. The second-order valence-corrected chi connectivity index (χ2v) is 6.56. The van der Waals surface area contributed by atoms with E-state index in [1.807, 2.05) is 0 Å². The van der Waals surface area contributed by atoms with Crippen molar-refractivity contribution in [3.05, 3.63) is 58.6 Å². The van der Waals surface area contributed by atoms with Gasteiger partial charge in [0.1, 0.15) is 16.0 Å². The number of alkyl halides is 3. The fourth-order valence-corrected chi connectivity index (χ4v) is 3.19. The van der Waals surface area contributed by atoms with E-state index in [4.69, 9.17) is 4.74 Å². The van der Waals surface area contributed by atoms with E-state index in [-0.39, 0.29) is 18.1 Å². The zero-order valence-electron chi connectivity index (χ0n) is 14.4. The Labute approximate surface area is 164 Å². The van der Waals surface area contributed by atoms with Crippen molar-refractivity contribution in [2.24, 2.45) is 0 Å². The number of fused-ring (bicyclic) bond motifs is 1. The van der Waals surface area contributed by atoms with Crippen molar-refractivity contribution in [1.82, 2.24) is 29.4 Å². The van der Waals surface area contributed by atoms with E-state index in [0.717, 1.165) is 5.56 Å². The molecule has 4 aromatic rings. The highest BCUT2D eigenvalue weighted by molar-refractivity contribution is 9.10. The van der Waals surface area contributed by atoms with Crippen LogP contribution in [0.3, 0.4) is 0 Å². The summed E-state index contributed by atoms with van der Waals surface area (Å²) in [6, 6.07) is 10.3. The van der Waals surface area contributed by atoms with Crippen LogP contribution >= 0.6 is 15.9 Å². The minimum atomic E-state index is -4.68. The summed E-state index contributed by atoms with van der Waals surface area (Å²) in [5.74, 6) is -0.596. The van der Waals surface area contributed by atoms with Crippen LogP contribution in [0.15, 0.2) is 47.2 Å². The first-order valence-corrected chi connectivity index (χ1v) is 8.80. The van der Waals surface area contributed by atoms with Gasteiger partial charge < -0.3 is 4.74 Å². The number of methoxy groups -OCH3 is 1. The fraction of sp³-hybridized carbons (Fsp3) is 0.176. The summed E-state index contributed by atoms with van der Waals surface area (Å²) in [6.45, 7) is 0.0795. The molecule has 0 radical (unpaired) electrons. The van der Waals surface area contributed by atoms with Gasteiger partial charge in [-0.25, -0.2) is 19.2 Å². The van der Waals surface area contributed by atoms with Crippen LogP contribution < -0.4 is 4.74 Å². The maximum absolute atomic E-state index is 13.2. The van der Waals surface area contributed by atoms with Crippen LogP contribution in [0.4, 0.5) is 13.2 Å². The highest BCUT2D eigenvalue weighted by Crippen LogP contribution is 2.32. The second kappa shape index (κ2) is 6.89. The van der Waals surface area contributed by atoms with Crippen LogP contribution in [0.2, 0.25) is 0 Å². The van der Waals surface area contributed by atoms with Gasteiger partial charge in [0.25, 0.3) is 5.82 Å². The Balaban J connectivity index is 1.82. The number of hydrogen-bond donors (Lipinski definition) is 0. The molecule has 0 amide bonds. The first kappa shape index (κ1) is 18.4. The lowest BCUT2D eigenvalue weighted by molar-refractivity contribution is -0.144. The molecule has 0 saturated carbocycles. The number of rotatable bonds is 4. The maximum Gasteiger partial charge on any atom is 0.453 e. The van der Waals surface area contributed by atoms with Crippen molar-refractivity contribution in [2.75, 3.05) is 7.11 Å². The van der Waals surface area contributed by atoms with Crippen molar-refractivity contribution in [1.29, 1.82) is 0 Å². The third kappa shape index (κ3) is 3.33. The summed E-state index contributed by atoms with van der Waals surface area (Å²) in [7, 11) is 1.54. The number of hydrogen-bond acceptors (Lipinski definition) is 5. The molecule has 1 aromatic carbocycles. The highest BCUT2D eigenvalue weighted by atomic mass is 79.9. The normalized spacial score (nSPS) is 11.9. The van der Waals surface area contributed by atoms with Crippen molar-refractivity contribution in [3.8, 4) is 17.3 Å². The van der Waals surface area contributed by atoms with Crippen LogP contribution in [-0.2, 0) is 12.7 Å². The molecule has 4 rings (SSSR count). The fourth-order valence-electron chi connectivity index (χ4n) is 2.65. The lowest BCUT2D eigenvalue weighted by Crippen LogP contribution is -2.09. The topological polar surface area (TPSA) is 70.1 Å². The Morgan fingerprint density at radius 3 is 2.50 bits per heavy atom. The number of halogens is 4. The third-order valence-electron chi connectivity index (χ3n) is 3.97. The second-order valence-electron chi connectivity index (χ2n) is 5.81. The van der Waals surface area contributed by atoms with Crippen molar-refractivity contribution >= 4 is 21.6 Å². The molecule has 7 nitrogen and oxygen atoms in total. The molecule has 3 heterocycles. The summed E-state index contributed by atoms with van der Waals surface area (Å²) in [4.78, 5) is 8.06. The summed E-state index contributed by atoms with van der Waals surface area (Å²) >= 11 is 3.35. The molecule has 0 N–H and O–H groups in total. The van der Waals surface area contributed by atoms with Crippen LogP contribution in [0.25, 0.3) is 17.2 Å². The predicted octanol–water partition coefficient (Wildman–Crippen LogP) is 3.83. The van der Waals surface area contributed by atoms with E-state index in [0.29, 0.717) is 16.0 Å². The zero-order chi connectivity index (χ0) is 19.9. The standard InChI is InChI=1S/C17H12BrF3N6O/c1-28-11-6-4-10(5-7-11)9-26-15(24-16(25-26)17(19,20)21)13-14(18)27-12(23-13)3-2-8-22-27/h2-8H,9H2,1H3. The van der Waals surface area contributed by atoms with Gasteiger partial charge in [-0.3, -0.25) is 0 Å². The molecule has 3 aromatic heterocycles. The number of aromatic nitrogens is 6. The van der Waals surface area contributed by atoms with Gasteiger partial charge in [-0.15, -0.1) is 5.10 Å². The van der Waals surface area contributed by atoms with Gasteiger partial charge >= 0.3 is 6.18 Å². The summed E-state index contributed by atoms with van der Waals surface area (Å²) < 4.78 is 47.8. The highest BCUT2D eigenvalue weighted by Gasteiger charge is 2.38. The molecular formula is C17H12BrF3N6O. The SMILES string of the molecule is COc1ccc(Cn2nc(C(F)(F)F)nc2-c2nc3cccnn3c2Br)cc1. The molecule has 144 valence electrons. The average Bonchev–Trinajstić information content (AvgIpc) is 3.24. The van der Waals surface area contributed by atoms with Crippen molar-refractivity contribution < 1.29 is 17.9 Å². The van der Waals surface area contributed by atoms with Gasteiger partial charge in [-0.2, -0.15) is 18.3 Å². The van der Waals surface area contributed by atoms with Gasteiger partial charge in [0.15, 0.2) is 11.5 Å². The molecule has 28 heavy (non-hydrogen) atoms. The molecule has 0 aliphatic rings. The molecule has 0 atom stereocenters. The largest absolute Gasteiger partial charge is 0.497 e. The van der Waals surface area contributed by atoms with Crippen LogP contribution in [0.1, 0.15) is 11.4 Å². The smallest absolute Gasteiger partial charge is 0.453 e. The molecule has 0 bridgehead atoms. The quantitative estimate of drug-likeness (QED) is 0.470. The Hall–Kier alpha value is -2.95. The van der Waals surface area contributed by atoms with Gasteiger partial charge in [-0.05, 0) is 45.8 Å². The summed E-state index contributed by atoms with van der Waals surface area (Å²) in [6.07, 6.45) is -3.13. The van der Waals surface area contributed by atoms with E-state index in [9.17, 15) is 13.2 Å². The number of benzene rings is 1. The first-order valence-electron chi connectivity index (χ1n) is 8.01. The average molecular weight is 453 g/mol. The van der Waals surface area contributed by atoms with Gasteiger partial charge in [-0.1, -0.05) is 12.1 Å². The number of nitrogens with zero attached hydrogens (tertiary/aromatic N) is 6. The molecule has 0 aliphatic carbocycles. The monoisotopic (exact) mass is 452 g/mol. The Kier molecular flexibility index (Phi) is 4.53. The predicted molar refractivity (Wildman–Crippen MR) is 96.8 cm³/mol. The lowest BCUT2D eigenvalue weighted by Gasteiger charge is -2.06. The van der Waals surface area contributed by atoms with Crippen LogP contribution in [0, 0.1) is 0 Å². The Bertz CT molecular complexity index is 1140.